The third-order valence-corrected chi connectivity index (χ3v) is 5.37. The lowest BCUT2D eigenvalue weighted by Crippen LogP contribution is -2.30. The summed E-state index contributed by atoms with van der Waals surface area (Å²) in [6.45, 7) is 5.65. The minimum Gasteiger partial charge on any atom is -0.386 e. The third kappa shape index (κ3) is 3.46. The van der Waals surface area contributed by atoms with Gasteiger partial charge in [-0.25, -0.2) is 4.98 Å². The van der Waals surface area contributed by atoms with Crippen molar-refractivity contribution in [2.24, 2.45) is 5.73 Å². The lowest BCUT2D eigenvalue weighted by Gasteiger charge is -2.24. The summed E-state index contributed by atoms with van der Waals surface area (Å²) in [7, 11) is 1.82. The highest BCUT2D eigenvalue weighted by Crippen LogP contribution is 2.28. The molecule has 0 fully saturated rings. The van der Waals surface area contributed by atoms with Crippen molar-refractivity contribution in [1.29, 1.82) is 0 Å². The molecule has 0 saturated carbocycles. The Bertz CT molecular complexity index is 1220. The number of anilines is 1. The zero-order valence-electron chi connectivity index (χ0n) is 17.1. The van der Waals surface area contributed by atoms with Gasteiger partial charge in [0.05, 0.1) is 22.8 Å². The summed E-state index contributed by atoms with van der Waals surface area (Å²) in [6, 6.07) is 25.3. The van der Waals surface area contributed by atoms with E-state index in [2.05, 4.69) is 6.58 Å². The van der Waals surface area contributed by atoms with Crippen LogP contribution in [0.1, 0.15) is 23.0 Å². The van der Waals surface area contributed by atoms with Gasteiger partial charge in [-0.05, 0) is 36.2 Å². The van der Waals surface area contributed by atoms with E-state index in [-0.39, 0.29) is 11.6 Å². The Morgan fingerprint density at radius 3 is 2.10 bits per heavy atom. The lowest BCUT2D eigenvalue weighted by atomic mass is 9.98. The summed E-state index contributed by atoms with van der Waals surface area (Å²) in [6.07, 6.45) is 0. The molecular weight excluding hydrogens is 372 g/mol. The highest BCUT2D eigenvalue weighted by molar-refractivity contribution is 5.82. The molecule has 1 aromatic heterocycles. The average molecular weight is 396 g/mol. The molecule has 0 saturated heterocycles. The predicted octanol–water partition coefficient (Wildman–Crippen LogP) is 4.21. The largest absolute Gasteiger partial charge is 0.386 e. The quantitative estimate of drug-likeness (QED) is 0.549. The molecular formula is C25H24N4O. The monoisotopic (exact) mass is 396 g/mol. The van der Waals surface area contributed by atoms with Crippen LogP contribution in [0.15, 0.2) is 96.1 Å². The molecule has 3 aromatic carbocycles. The van der Waals surface area contributed by atoms with Gasteiger partial charge in [0.15, 0.2) is 0 Å². The first kappa shape index (κ1) is 19.5. The molecule has 2 N–H and O–H groups in total. The number of rotatable bonds is 5. The number of benzene rings is 3. The number of aromatic nitrogens is 2. The fourth-order valence-electron chi connectivity index (χ4n) is 3.74. The zero-order valence-corrected chi connectivity index (χ0v) is 17.1. The molecule has 0 aliphatic carbocycles. The summed E-state index contributed by atoms with van der Waals surface area (Å²) in [4.78, 5) is 20.2. The first-order valence-electron chi connectivity index (χ1n) is 9.78. The van der Waals surface area contributed by atoms with Crippen LogP contribution in [0.4, 0.5) is 5.69 Å². The van der Waals surface area contributed by atoms with E-state index in [9.17, 15) is 4.79 Å². The molecule has 0 unspecified atom stereocenters. The van der Waals surface area contributed by atoms with Crippen LogP contribution in [-0.4, -0.2) is 16.6 Å². The smallest absolute Gasteiger partial charge is 0.262 e. The Balaban J connectivity index is 1.99. The van der Waals surface area contributed by atoms with Crippen molar-refractivity contribution in [3.05, 3.63) is 119 Å². The Morgan fingerprint density at radius 2 is 1.57 bits per heavy atom. The van der Waals surface area contributed by atoms with E-state index in [1.54, 1.807) is 9.47 Å². The number of fused-ring (bicyclic) bond motifs is 1. The van der Waals surface area contributed by atoms with E-state index in [4.69, 9.17) is 10.7 Å². The van der Waals surface area contributed by atoms with Crippen molar-refractivity contribution < 1.29 is 0 Å². The van der Waals surface area contributed by atoms with Gasteiger partial charge in [-0.1, -0.05) is 67.2 Å². The zero-order chi connectivity index (χ0) is 21.3. The normalized spacial score (nSPS) is 11.0. The first-order valence-corrected chi connectivity index (χ1v) is 9.78. The molecule has 5 heteroatoms. The fraction of sp³-hybridized carbons (Fsp3) is 0.120. The molecule has 0 aliphatic heterocycles. The predicted molar refractivity (Wildman–Crippen MR) is 123 cm³/mol. The van der Waals surface area contributed by atoms with Gasteiger partial charge in [0.25, 0.3) is 5.56 Å². The number of hydrogen-bond donors (Lipinski definition) is 1. The SMILES string of the molecule is C=C(N)N(C)c1ccc2nc(C)n(C(c3ccccc3)c3ccccc3)c(=O)c2c1. The molecule has 0 amide bonds. The van der Waals surface area contributed by atoms with E-state index >= 15 is 0 Å². The topological polar surface area (TPSA) is 64.2 Å². The summed E-state index contributed by atoms with van der Waals surface area (Å²) in [5, 5.41) is 0.545. The molecule has 4 rings (SSSR count). The highest BCUT2D eigenvalue weighted by Gasteiger charge is 2.21. The van der Waals surface area contributed by atoms with Crippen LogP contribution in [0.2, 0.25) is 0 Å². The van der Waals surface area contributed by atoms with Crippen molar-refractivity contribution in [2.45, 2.75) is 13.0 Å². The molecule has 0 spiro atoms. The second-order valence-electron chi connectivity index (χ2n) is 7.31. The maximum atomic E-state index is 13.7. The van der Waals surface area contributed by atoms with Crippen molar-refractivity contribution in [2.75, 3.05) is 11.9 Å². The van der Waals surface area contributed by atoms with Gasteiger partial charge >= 0.3 is 0 Å². The van der Waals surface area contributed by atoms with Gasteiger partial charge in [0.2, 0.25) is 0 Å². The molecule has 0 atom stereocenters. The summed E-state index contributed by atoms with van der Waals surface area (Å²) >= 11 is 0. The van der Waals surface area contributed by atoms with Gasteiger partial charge in [0.1, 0.15) is 5.82 Å². The minimum absolute atomic E-state index is 0.0897. The summed E-state index contributed by atoms with van der Waals surface area (Å²) in [5.74, 6) is 1.07. The Labute approximate surface area is 175 Å². The molecule has 30 heavy (non-hydrogen) atoms. The molecule has 5 nitrogen and oxygen atoms in total. The van der Waals surface area contributed by atoms with Crippen LogP contribution in [0.5, 0.6) is 0 Å². The van der Waals surface area contributed by atoms with Gasteiger partial charge in [-0.15, -0.1) is 0 Å². The number of nitrogens with two attached hydrogens (primary N) is 1. The summed E-state index contributed by atoms with van der Waals surface area (Å²) < 4.78 is 1.77. The minimum atomic E-state index is -0.275. The molecule has 0 radical (unpaired) electrons. The van der Waals surface area contributed by atoms with E-state index in [1.807, 2.05) is 92.8 Å². The van der Waals surface area contributed by atoms with Gasteiger partial charge in [0, 0.05) is 12.7 Å². The molecule has 1 heterocycles. The van der Waals surface area contributed by atoms with Crippen LogP contribution in [0, 0.1) is 6.92 Å². The number of nitrogens with zero attached hydrogens (tertiary/aromatic N) is 3. The maximum Gasteiger partial charge on any atom is 0.262 e. The molecule has 4 aromatic rings. The Hall–Kier alpha value is -3.86. The number of hydrogen-bond acceptors (Lipinski definition) is 4. The standard InChI is InChI=1S/C25H24N4O/c1-17(26)28(3)21-14-15-23-22(16-21)25(30)29(18(2)27-23)24(19-10-6-4-7-11-19)20-12-8-5-9-13-20/h4-16,24H,1,26H2,2-3H3. The molecule has 0 bridgehead atoms. The summed E-state index contributed by atoms with van der Waals surface area (Å²) in [5.41, 5.74) is 9.25. The van der Waals surface area contributed by atoms with E-state index < -0.39 is 0 Å². The highest BCUT2D eigenvalue weighted by atomic mass is 16.1. The van der Waals surface area contributed by atoms with Crippen molar-refractivity contribution in [1.82, 2.24) is 9.55 Å². The van der Waals surface area contributed by atoms with Gasteiger partial charge in [-0.2, -0.15) is 0 Å². The Morgan fingerprint density at radius 1 is 1.00 bits per heavy atom. The molecule has 0 aliphatic rings. The van der Waals surface area contributed by atoms with E-state index in [0.29, 0.717) is 22.5 Å². The lowest BCUT2D eigenvalue weighted by molar-refractivity contribution is 0.620. The van der Waals surface area contributed by atoms with Crippen molar-refractivity contribution in [3.63, 3.8) is 0 Å². The first-order chi connectivity index (χ1) is 14.5. The van der Waals surface area contributed by atoms with Crippen LogP contribution >= 0.6 is 0 Å². The van der Waals surface area contributed by atoms with Crippen LogP contribution < -0.4 is 16.2 Å². The van der Waals surface area contributed by atoms with Crippen molar-refractivity contribution in [3.8, 4) is 0 Å². The number of aryl methyl sites for hydroxylation is 1. The Kier molecular flexibility index (Phi) is 5.11. The van der Waals surface area contributed by atoms with E-state index in [0.717, 1.165) is 16.8 Å². The third-order valence-electron chi connectivity index (χ3n) is 5.37. The second kappa shape index (κ2) is 7.87. The molecule has 150 valence electrons. The van der Waals surface area contributed by atoms with Gasteiger partial charge < -0.3 is 10.6 Å². The fourth-order valence-corrected chi connectivity index (χ4v) is 3.74. The van der Waals surface area contributed by atoms with Crippen LogP contribution in [0.3, 0.4) is 0 Å². The van der Waals surface area contributed by atoms with Crippen LogP contribution in [0.25, 0.3) is 10.9 Å². The van der Waals surface area contributed by atoms with E-state index in [1.165, 1.54) is 0 Å². The average Bonchev–Trinajstić information content (AvgIpc) is 2.77. The van der Waals surface area contributed by atoms with Gasteiger partial charge in [-0.3, -0.25) is 9.36 Å². The van der Waals surface area contributed by atoms with Crippen molar-refractivity contribution >= 4 is 16.6 Å². The van der Waals surface area contributed by atoms with Crippen LogP contribution in [-0.2, 0) is 0 Å². The second-order valence-corrected chi connectivity index (χ2v) is 7.31. The maximum absolute atomic E-state index is 13.7.